The molecule has 0 saturated carbocycles. The fraction of sp³-hybridized carbons (Fsp3) is 0.467. The molecule has 0 spiro atoms. The Balaban J connectivity index is 2.81. The molecule has 21 heavy (non-hydrogen) atoms. The first-order valence-electron chi connectivity index (χ1n) is 6.45. The molecule has 1 rings (SSSR count). The standard InChI is InChI=1S/C15H19F2NO3/c1-14(2,13(20)21)15(3,4)18-12(19)8-9-5-6-10(16)11(17)7-9/h5-7H,8H2,1-4H3,(H,18,19)(H,20,21). The molecular weight excluding hydrogens is 280 g/mol. The summed E-state index contributed by atoms with van der Waals surface area (Å²) in [6, 6.07) is 3.21. The van der Waals surface area contributed by atoms with Gasteiger partial charge in [0.2, 0.25) is 5.91 Å². The Kier molecular flexibility index (Phi) is 4.71. The molecule has 0 heterocycles. The van der Waals surface area contributed by atoms with Gasteiger partial charge in [-0.1, -0.05) is 6.07 Å². The summed E-state index contributed by atoms with van der Waals surface area (Å²) >= 11 is 0. The van der Waals surface area contributed by atoms with Crippen LogP contribution in [0.2, 0.25) is 0 Å². The molecule has 1 aromatic carbocycles. The monoisotopic (exact) mass is 299 g/mol. The van der Waals surface area contributed by atoms with Crippen molar-refractivity contribution in [1.29, 1.82) is 0 Å². The van der Waals surface area contributed by atoms with E-state index in [9.17, 15) is 23.5 Å². The summed E-state index contributed by atoms with van der Waals surface area (Å²) in [6.45, 7) is 6.22. The molecule has 1 amide bonds. The lowest BCUT2D eigenvalue weighted by atomic mass is 9.74. The van der Waals surface area contributed by atoms with E-state index in [1.807, 2.05) is 0 Å². The van der Waals surface area contributed by atoms with Crippen LogP contribution in [0.4, 0.5) is 8.78 Å². The summed E-state index contributed by atoms with van der Waals surface area (Å²) < 4.78 is 25.9. The maximum absolute atomic E-state index is 13.1. The summed E-state index contributed by atoms with van der Waals surface area (Å²) in [5, 5.41) is 11.8. The van der Waals surface area contributed by atoms with Gasteiger partial charge in [0.1, 0.15) is 0 Å². The van der Waals surface area contributed by atoms with Crippen molar-refractivity contribution in [2.24, 2.45) is 5.41 Å². The van der Waals surface area contributed by atoms with E-state index in [0.29, 0.717) is 5.56 Å². The zero-order valence-electron chi connectivity index (χ0n) is 12.5. The predicted octanol–water partition coefficient (Wildman–Crippen LogP) is 2.51. The maximum Gasteiger partial charge on any atom is 0.311 e. The van der Waals surface area contributed by atoms with Gasteiger partial charge >= 0.3 is 5.97 Å². The van der Waals surface area contributed by atoms with E-state index >= 15 is 0 Å². The first kappa shape index (κ1) is 17.1. The van der Waals surface area contributed by atoms with Crippen molar-refractivity contribution >= 4 is 11.9 Å². The Hall–Kier alpha value is -1.98. The van der Waals surface area contributed by atoms with E-state index in [1.165, 1.54) is 19.9 Å². The molecule has 0 aliphatic heterocycles. The summed E-state index contributed by atoms with van der Waals surface area (Å²) in [6.07, 6.45) is -0.156. The van der Waals surface area contributed by atoms with Gasteiger partial charge in [0, 0.05) is 5.54 Å². The van der Waals surface area contributed by atoms with Crippen LogP contribution in [0.3, 0.4) is 0 Å². The van der Waals surface area contributed by atoms with Crippen LogP contribution in [0.5, 0.6) is 0 Å². The number of carbonyl (C=O) groups excluding carboxylic acids is 1. The van der Waals surface area contributed by atoms with E-state index in [2.05, 4.69) is 5.32 Å². The van der Waals surface area contributed by atoms with Crippen molar-refractivity contribution in [3.63, 3.8) is 0 Å². The van der Waals surface area contributed by atoms with Crippen LogP contribution >= 0.6 is 0 Å². The van der Waals surface area contributed by atoms with Crippen molar-refractivity contribution in [2.45, 2.75) is 39.7 Å². The topological polar surface area (TPSA) is 66.4 Å². The minimum Gasteiger partial charge on any atom is -0.481 e. The first-order chi connectivity index (χ1) is 9.47. The number of carboxylic acids is 1. The van der Waals surface area contributed by atoms with E-state index in [1.54, 1.807) is 13.8 Å². The van der Waals surface area contributed by atoms with Crippen molar-refractivity contribution < 1.29 is 23.5 Å². The Morgan fingerprint density at radius 3 is 2.19 bits per heavy atom. The molecule has 6 heteroatoms. The number of nitrogens with one attached hydrogen (secondary N) is 1. The number of hydrogen-bond donors (Lipinski definition) is 2. The molecule has 0 aliphatic carbocycles. The number of carboxylic acid groups (broad SMARTS) is 1. The van der Waals surface area contributed by atoms with Gasteiger partial charge in [0.25, 0.3) is 0 Å². The Bertz CT molecular complexity index is 568. The quantitative estimate of drug-likeness (QED) is 0.878. The van der Waals surface area contributed by atoms with Crippen molar-refractivity contribution in [3.05, 3.63) is 35.4 Å². The highest BCUT2D eigenvalue weighted by atomic mass is 19.2. The lowest BCUT2D eigenvalue weighted by Gasteiger charge is -2.38. The van der Waals surface area contributed by atoms with Gasteiger partial charge in [0.15, 0.2) is 11.6 Å². The molecule has 0 aromatic heterocycles. The summed E-state index contributed by atoms with van der Waals surface area (Å²) in [4.78, 5) is 23.2. The van der Waals surface area contributed by atoms with Gasteiger partial charge in [-0.15, -0.1) is 0 Å². The van der Waals surface area contributed by atoms with Crippen LogP contribution in [0.25, 0.3) is 0 Å². The minimum atomic E-state index is -1.18. The van der Waals surface area contributed by atoms with Gasteiger partial charge in [-0.3, -0.25) is 9.59 Å². The molecule has 0 saturated heterocycles. The van der Waals surface area contributed by atoms with Crippen molar-refractivity contribution in [2.75, 3.05) is 0 Å². The average molecular weight is 299 g/mol. The molecule has 116 valence electrons. The highest BCUT2D eigenvalue weighted by molar-refractivity contribution is 5.82. The first-order valence-corrected chi connectivity index (χ1v) is 6.45. The third kappa shape index (κ3) is 3.77. The Labute approximate surface area is 122 Å². The lowest BCUT2D eigenvalue weighted by Crippen LogP contribution is -2.57. The van der Waals surface area contributed by atoms with Crippen LogP contribution in [-0.2, 0) is 16.0 Å². The molecule has 0 radical (unpaired) electrons. The molecule has 4 nitrogen and oxygen atoms in total. The van der Waals surface area contributed by atoms with Gasteiger partial charge < -0.3 is 10.4 Å². The molecule has 0 atom stereocenters. The highest BCUT2D eigenvalue weighted by Crippen LogP contribution is 2.30. The second-order valence-corrected chi connectivity index (χ2v) is 6.03. The normalized spacial score (nSPS) is 12.1. The van der Waals surface area contributed by atoms with Crippen LogP contribution < -0.4 is 5.32 Å². The SMILES string of the molecule is CC(C)(NC(=O)Cc1ccc(F)c(F)c1)C(C)(C)C(=O)O. The van der Waals surface area contributed by atoms with E-state index in [0.717, 1.165) is 12.1 Å². The number of amides is 1. The lowest BCUT2D eigenvalue weighted by molar-refractivity contribution is -0.151. The fourth-order valence-electron chi connectivity index (χ4n) is 1.65. The number of benzene rings is 1. The third-order valence-corrected chi connectivity index (χ3v) is 3.90. The largest absolute Gasteiger partial charge is 0.481 e. The molecule has 2 N–H and O–H groups in total. The number of aliphatic carboxylic acids is 1. The van der Waals surface area contributed by atoms with Crippen molar-refractivity contribution in [3.8, 4) is 0 Å². The van der Waals surface area contributed by atoms with E-state index in [4.69, 9.17) is 0 Å². The maximum atomic E-state index is 13.1. The molecule has 1 aromatic rings. The zero-order chi connectivity index (χ0) is 16.4. The zero-order valence-corrected chi connectivity index (χ0v) is 12.5. The third-order valence-electron chi connectivity index (χ3n) is 3.90. The smallest absolute Gasteiger partial charge is 0.311 e. The van der Waals surface area contributed by atoms with Crippen LogP contribution in [0.15, 0.2) is 18.2 Å². The number of rotatable bonds is 5. The second-order valence-electron chi connectivity index (χ2n) is 6.03. The number of carbonyl (C=O) groups is 2. The summed E-state index contributed by atoms with van der Waals surface area (Å²) in [7, 11) is 0. The number of hydrogen-bond acceptors (Lipinski definition) is 2. The number of halogens is 2. The fourth-order valence-corrected chi connectivity index (χ4v) is 1.65. The Morgan fingerprint density at radius 1 is 1.14 bits per heavy atom. The molecular formula is C15H19F2NO3. The second kappa shape index (κ2) is 5.79. The molecule has 0 aliphatic rings. The van der Waals surface area contributed by atoms with E-state index in [-0.39, 0.29) is 6.42 Å². The molecule has 0 unspecified atom stereocenters. The summed E-state index contributed by atoms with van der Waals surface area (Å²) in [5.41, 5.74) is -1.87. The van der Waals surface area contributed by atoms with Crippen molar-refractivity contribution in [1.82, 2.24) is 5.32 Å². The van der Waals surface area contributed by atoms with Crippen LogP contribution in [0, 0.1) is 17.0 Å². The highest BCUT2D eigenvalue weighted by Gasteiger charge is 2.44. The Morgan fingerprint density at radius 2 is 1.71 bits per heavy atom. The molecule has 0 fully saturated rings. The van der Waals surface area contributed by atoms with Gasteiger partial charge in [0.05, 0.1) is 11.8 Å². The van der Waals surface area contributed by atoms with Crippen LogP contribution in [0.1, 0.15) is 33.3 Å². The van der Waals surface area contributed by atoms with Gasteiger partial charge in [-0.2, -0.15) is 0 Å². The molecule has 0 bridgehead atoms. The predicted molar refractivity (Wildman–Crippen MR) is 73.7 cm³/mol. The van der Waals surface area contributed by atoms with Gasteiger partial charge in [-0.25, -0.2) is 8.78 Å². The van der Waals surface area contributed by atoms with Crippen LogP contribution in [-0.4, -0.2) is 22.5 Å². The van der Waals surface area contributed by atoms with Gasteiger partial charge in [-0.05, 0) is 45.4 Å². The van der Waals surface area contributed by atoms with E-state index < -0.39 is 34.5 Å². The summed E-state index contributed by atoms with van der Waals surface area (Å²) in [5.74, 6) is -3.50. The minimum absolute atomic E-state index is 0.156. The average Bonchev–Trinajstić information content (AvgIpc) is 2.32.